The molecule has 240 valence electrons. The molecule has 4 heterocycles. The van der Waals surface area contributed by atoms with Crippen LogP contribution >= 0.6 is 23.3 Å². The number of amides is 2. The van der Waals surface area contributed by atoms with E-state index in [2.05, 4.69) is 19.8 Å². The predicted molar refractivity (Wildman–Crippen MR) is 176 cm³/mol. The second-order valence-electron chi connectivity index (χ2n) is 10.5. The third kappa shape index (κ3) is 6.80. The molecule has 0 bridgehead atoms. The molecule has 0 aliphatic carbocycles. The minimum atomic E-state index is -0.960. The van der Waals surface area contributed by atoms with Crippen molar-refractivity contribution in [3.63, 3.8) is 0 Å². The number of nitrogens with zero attached hydrogens (tertiary/aromatic N) is 5. The van der Waals surface area contributed by atoms with Gasteiger partial charge in [-0.25, -0.2) is 4.79 Å². The van der Waals surface area contributed by atoms with Crippen LogP contribution in [-0.2, 0) is 30.5 Å². The van der Waals surface area contributed by atoms with Crippen LogP contribution in [-0.4, -0.2) is 61.5 Å². The van der Waals surface area contributed by atoms with E-state index in [0.717, 1.165) is 22.7 Å². The Labute approximate surface area is 278 Å². The number of hydrogen-bond acceptors (Lipinski definition) is 12. The summed E-state index contributed by atoms with van der Waals surface area (Å²) in [5.41, 5.74) is 14.4. The number of anilines is 2. The summed E-state index contributed by atoms with van der Waals surface area (Å²) in [5, 5.41) is 6.16. The van der Waals surface area contributed by atoms with Gasteiger partial charge in [0.05, 0.1) is 5.69 Å². The summed E-state index contributed by atoms with van der Waals surface area (Å²) in [4.78, 5) is 52.0. The van der Waals surface area contributed by atoms with E-state index in [-0.39, 0.29) is 29.0 Å². The van der Waals surface area contributed by atoms with E-state index >= 15 is 0 Å². The van der Waals surface area contributed by atoms with Gasteiger partial charge < -0.3 is 26.4 Å². The number of nitrogen functional groups attached to an aromatic ring is 2. The lowest BCUT2D eigenvalue weighted by Crippen LogP contribution is -2.71. The van der Waals surface area contributed by atoms with Gasteiger partial charge in [-0.15, -0.1) is 11.8 Å². The van der Waals surface area contributed by atoms with Crippen LogP contribution in [0, 0.1) is 0 Å². The summed E-state index contributed by atoms with van der Waals surface area (Å²) in [5.74, 6) is -1.48. The molecule has 2 aromatic carbocycles. The summed E-state index contributed by atoms with van der Waals surface area (Å²) in [7, 11) is 0. The third-order valence-electron chi connectivity index (χ3n) is 7.36. The summed E-state index contributed by atoms with van der Waals surface area (Å²) >= 11 is 2.32. The van der Waals surface area contributed by atoms with Crippen LogP contribution in [0.25, 0.3) is 0 Å². The molecule has 0 saturated carbocycles. The number of esters is 1. The van der Waals surface area contributed by atoms with E-state index in [1.165, 1.54) is 16.7 Å². The monoisotopic (exact) mass is 671 g/mol. The number of oxime groups is 1. The van der Waals surface area contributed by atoms with Crippen molar-refractivity contribution in [3.05, 3.63) is 113 Å². The number of nitrogens with two attached hydrogens (primary N) is 2. The number of hydrogen-bond donors (Lipinski definition) is 3. The van der Waals surface area contributed by atoms with Crippen LogP contribution in [0.3, 0.4) is 0 Å². The summed E-state index contributed by atoms with van der Waals surface area (Å²) in [6.07, 6.45) is 2.86. The second-order valence-corrected chi connectivity index (χ2v) is 12.4. The SMILES string of the molecule is CCON=C(C(=O)NC1C(=O)N2C(C(=O)OC(c3ccccc3)c3ccccc3)=C(C[n+]3cccc(N)c3)CS[C@@H]12)c1nsc(N)n1. The number of benzene rings is 2. The highest BCUT2D eigenvalue weighted by atomic mass is 32.2. The lowest BCUT2D eigenvalue weighted by Gasteiger charge is -2.49. The lowest BCUT2D eigenvalue weighted by molar-refractivity contribution is -0.688. The van der Waals surface area contributed by atoms with Gasteiger partial charge in [0.2, 0.25) is 11.5 Å². The van der Waals surface area contributed by atoms with Gasteiger partial charge in [-0.2, -0.15) is 13.9 Å². The fourth-order valence-corrected chi connectivity index (χ4v) is 7.03. The van der Waals surface area contributed by atoms with Crippen molar-refractivity contribution >= 4 is 57.6 Å². The first-order valence-electron chi connectivity index (χ1n) is 14.7. The quantitative estimate of drug-likeness (QED) is 0.0705. The van der Waals surface area contributed by atoms with Gasteiger partial charge in [-0.1, -0.05) is 65.8 Å². The van der Waals surface area contributed by atoms with Crippen molar-refractivity contribution < 1.29 is 28.5 Å². The number of pyridine rings is 1. The average molecular weight is 672 g/mol. The van der Waals surface area contributed by atoms with Crippen LogP contribution in [0.15, 0.2) is 102 Å². The average Bonchev–Trinajstić information content (AvgIpc) is 3.52. The van der Waals surface area contributed by atoms with Gasteiger partial charge in [-0.3, -0.25) is 14.5 Å². The highest BCUT2D eigenvalue weighted by Crippen LogP contribution is 2.41. The number of ether oxygens (including phenoxy) is 1. The number of fused-ring (bicyclic) bond motifs is 1. The van der Waals surface area contributed by atoms with Crippen molar-refractivity contribution in [2.45, 2.75) is 31.0 Å². The summed E-state index contributed by atoms with van der Waals surface area (Å²) < 4.78 is 12.1. The molecule has 0 radical (unpaired) electrons. The van der Waals surface area contributed by atoms with E-state index < -0.39 is 35.3 Å². The number of carbonyl (C=O) groups is 3. The maximum absolute atomic E-state index is 14.2. The molecule has 1 fully saturated rings. The van der Waals surface area contributed by atoms with Crippen molar-refractivity contribution in [1.82, 2.24) is 19.6 Å². The molecule has 13 nitrogen and oxygen atoms in total. The molecule has 2 atom stereocenters. The third-order valence-corrected chi connectivity index (χ3v) is 9.25. The van der Waals surface area contributed by atoms with Crippen LogP contribution in [0.5, 0.6) is 0 Å². The zero-order chi connectivity index (χ0) is 32.9. The zero-order valence-electron chi connectivity index (χ0n) is 25.2. The molecule has 2 amide bonds. The first-order chi connectivity index (χ1) is 22.8. The number of rotatable bonds is 11. The summed E-state index contributed by atoms with van der Waals surface area (Å²) in [6, 6.07) is 21.4. The van der Waals surface area contributed by atoms with E-state index in [4.69, 9.17) is 21.0 Å². The molecule has 5 N–H and O–H groups in total. The summed E-state index contributed by atoms with van der Waals surface area (Å²) in [6.45, 7) is 2.20. The van der Waals surface area contributed by atoms with Crippen molar-refractivity contribution in [1.29, 1.82) is 0 Å². The van der Waals surface area contributed by atoms with E-state index in [9.17, 15) is 14.4 Å². The Balaban J connectivity index is 1.31. The fourth-order valence-electron chi connectivity index (χ4n) is 5.26. The van der Waals surface area contributed by atoms with Gasteiger partial charge in [0.25, 0.3) is 11.8 Å². The topological polar surface area (TPSA) is 179 Å². The molecular formula is C32H31N8O5S2+. The Kier molecular flexibility index (Phi) is 9.45. The molecule has 47 heavy (non-hydrogen) atoms. The Hall–Kier alpha value is -5.28. The fraction of sp³-hybridized carbons (Fsp3) is 0.219. The molecule has 2 aromatic heterocycles. The van der Waals surface area contributed by atoms with Crippen molar-refractivity contribution in [2.75, 3.05) is 23.8 Å². The Morgan fingerprint density at radius 3 is 2.40 bits per heavy atom. The first kappa shape index (κ1) is 31.7. The molecule has 1 saturated heterocycles. The number of carbonyl (C=O) groups excluding carboxylic acids is 3. The van der Waals surface area contributed by atoms with Gasteiger partial charge >= 0.3 is 5.97 Å². The molecule has 1 unspecified atom stereocenters. The number of nitrogens with one attached hydrogen (secondary N) is 1. The lowest BCUT2D eigenvalue weighted by atomic mass is 10.0. The largest absolute Gasteiger partial charge is 0.448 e. The minimum absolute atomic E-state index is 0.0168. The molecule has 6 rings (SSSR count). The number of thioether (sulfide) groups is 1. The highest BCUT2D eigenvalue weighted by molar-refractivity contribution is 8.00. The maximum Gasteiger partial charge on any atom is 0.356 e. The zero-order valence-corrected chi connectivity index (χ0v) is 26.8. The van der Waals surface area contributed by atoms with Crippen LogP contribution < -0.4 is 21.4 Å². The van der Waals surface area contributed by atoms with E-state index in [0.29, 0.717) is 23.6 Å². The second kappa shape index (κ2) is 14.0. The smallest absolute Gasteiger partial charge is 0.356 e. The Morgan fingerprint density at radius 2 is 1.79 bits per heavy atom. The molecule has 0 spiro atoms. The molecule has 15 heteroatoms. The predicted octanol–water partition coefficient (Wildman–Crippen LogP) is 2.42. The molecule has 2 aliphatic heterocycles. The standard InChI is InChI=1S/C32H30N8O5S2/c1-2-44-37-23(27-36-32(34)47-38-27)28(41)35-24-29(42)40-25(21(18-46-30(24)40)16-39-15-9-14-22(33)17-39)31(43)45-26(19-10-5-3-6-11-19)20-12-7-4-8-13-20/h3-15,17,24,26,30H,2,16,18,33H2,1H3,(H2-,34,35,36,38,41)/p+1/t24?,30-/m0/s1. The molecule has 4 aromatic rings. The highest BCUT2D eigenvalue weighted by Gasteiger charge is 2.55. The van der Waals surface area contributed by atoms with Crippen molar-refractivity contribution in [3.8, 4) is 0 Å². The molecule has 2 aliphatic rings. The van der Waals surface area contributed by atoms with Gasteiger partial charge in [-0.05, 0) is 24.1 Å². The maximum atomic E-state index is 14.2. The minimum Gasteiger partial charge on any atom is -0.448 e. The van der Waals surface area contributed by atoms with Crippen LogP contribution in [0.4, 0.5) is 10.8 Å². The van der Waals surface area contributed by atoms with Gasteiger partial charge in [0, 0.05) is 28.9 Å². The van der Waals surface area contributed by atoms with Crippen LogP contribution in [0.2, 0.25) is 0 Å². The van der Waals surface area contributed by atoms with Gasteiger partial charge in [0.15, 0.2) is 30.2 Å². The number of aromatic nitrogens is 3. The normalized spacial score (nSPS) is 17.6. The van der Waals surface area contributed by atoms with E-state index in [1.54, 1.807) is 25.3 Å². The first-order valence-corrected chi connectivity index (χ1v) is 16.5. The number of β-lactam (4-membered cyclic amide) rings is 1. The van der Waals surface area contributed by atoms with E-state index in [1.807, 2.05) is 71.4 Å². The Morgan fingerprint density at radius 1 is 1.09 bits per heavy atom. The van der Waals surface area contributed by atoms with Crippen molar-refractivity contribution in [2.24, 2.45) is 5.16 Å². The van der Waals surface area contributed by atoms with Crippen LogP contribution in [0.1, 0.15) is 30.0 Å². The van der Waals surface area contributed by atoms with Gasteiger partial charge in [0.1, 0.15) is 23.7 Å². The molecular weight excluding hydrogens is 641 g/mol. The Bertz CT molecular complexity index is 1810.